The van der Waals surface area contributed by atoms with Crippen LogP contribution in [0.25, 0.3) is 0 Å². The number of hydrazine groups is 3. The van der Waals surface area contributed by atoms with Crippen LogP contribution in [0, 0.1) is 0 Å². The van der Waals surface area contributed by atoms with E-state index < -0.39 is 230 Å². The topological polar surface area (TPSA) is 957 Å². The van der Waals surface area contributed by atoms with Crippen LogP contribution >= 0.6 is 0 Å². The number of rotatable bonds is 69. The van der Waals surface area contributed by atoms with Crippen LogP contribution in [0.1, 0.15) is 147 Å². The van der Waals surface area contributed by atoms with E-state index in [1.807, 2.05) is 35.8 Å². The lowest BCUT2D eigenvalue weighted by Crippen LogP contribution is -2.61. The minimum Gasteiger partial charge on any atom is -0.394 e. The molecule has 55 nitrogen and oxygen atoms in total. The number of aliphatic hydroxyl groups is 2. The lowest BCUT2D eigenvalue weighted by atomic mass is 10.0. The van der Waals surface area contributed by atoms with E-state index >= 15 is 0 Å². The molecule has 0 spiro atoms. The average Bonchev–Trinajstić information content (AvgIpc) is 0.883. The van der Waals surface area contributed by atoms with Gasteiger partial charge in [0.15, 0.2) is 17.9 Å². The van der Waals surface area contributed by atoms with Gasteiger partial charge in [-0.1, -0.05) is 60.7 Å². The van der Waals surface area contributed by atoms with Crippen LogP contribution in [0.2, 0.25) is 0 Å². The summed E-state index contributed by atoms with van der Waals surface area (Å²) in [4.78, 5) is 259. The number of primary amides is 1. The van der Waals surface area contributed by atoms with E-state index in [0.717, 1.165) is 5.56 Å². The summed E-state index contributed by atoms with van der Waals surface area (Å²) >= 11 is 0. The minimum absolute atomic E-state index is 0.00737. The van der Waals surface area contributed by atoms with Gasteiger partial charge in [-0.05, 0) is 161 Å². The lowest BCUT2D eigenvalue weighted by molar-refractivity contribution is -0.137. The predicted molar refractivity (Wildman–Crippen MR) is 501 cm³/mol. The van der Waals surface area contributed by atoms with Crippen LogP contribution < -0.4 is 171 Å². The molecule has 0 radical (unpaired) electrons. The molecule has 0 heterocycles. The first kappa shape index (κ1) is 119. The van der Waals surface area contributed by atoms with E-state index in [1.165, 1.54) is 20.8 Å². The Hall–Kier alpha value is -13.7. The fourth-order valence-electron chi connectivity index (χ4n) is 13.1. The molecular weight excluding hydrogens is 1800 g/mol. The first-order chi connectivity index (χ1) is 65.0. The van der Waals surface area contributed by atoms with Crippen molar-refractivity contribution in [1.82, 2.24) is 95.6 Å². The van der Waals surface area contributed by atoms with E-state index in [1.54, 1.807) is 30.3 Å². The van der Waals surface area contributed by atoms with E-state index in [9.17, 15) is 96.5 Å². The molecular formula is C82H143N35O20. The number of nitrogens with zero attached hydrogens (tertiary/aromatic N) is 4. The second kappa shape index (κ2) is 66.7. The summed E-state index contributed by atoms with van der Waals surface area (Å²) in [5.41, 5.74) is 65.9. The molecule has 2 aromatic carbocycles. The largest absolute Gasteiger partial charge is 0.394 e. The average molecular weight is 1940 g/mol. The van der Waals surface area contributed by atoms with Gasteiger partial charge in [0.05, 0.1) is 38.8 Å². The number of carbonyl (C=O) groups excluding carboxylic acids is 18. The van der Waals surface area contributed by atoms with Gasteiger partial charge >= 0.3 is 0 Å². The Kier molecular flexibility index (Phi) is 58.1. The molecule has 0 aromatic heterocycles. The minimum atomic E-state index is -1.87. The molecule has 0 aliphatic carbocycles. The Labute approximate surface area is 792 Å². The molecule has 0 aliphatic heterocycles. The van der Waals surface area contributed by atoms with Crippen LogP contribution in [0.4, 0.5) is 0 Å². The Morgan fingerprint density at radius 1 is 0.365 bits per heavy atom. The van der Waals surface area contributed by atoms with Crippen LogP contribution in [0.5, 0.6) is 0 Å². The van der Waals surface area contributed by atoms with Crippen molar-refractivity contribution in [2.24, 2.45) is 95.6 Å². The number of benzene rings is 2. The standard InChI is InChI=1S/C82H143N35O20/c1-45(103-63(122)43-102-79(137)66(47(3)119)115-76(134)58(38-49-21-8-5-9-22-49)105-64(123)42-101-62(121)41-97-40-50(86)37-48-19-6-4-7-20-48)67(125)106-54(26-16-34-98-80(88)89)70(128)110-53(25-12-15-33-85)74(132)114-60(44-118)77(135)104-46(2)68(126)107-55(27-17-35-99-81(90)91)71(129)108-51(23-10-13-31-83)69(127)111-56(28-18-36-100-82(92)93)72(130)109-52(24-11-14-32-84)73(131)113-59(39-61(87)120)75(133)112-57(78(136)116-94)29-30-65(124)117(95)96/h4-9,19-22,45-47,50-60,66,97,118-119H,10-18,23-44,83-86,94-96H2,1-3H3,(H2,87,120)(H,101,121)(H,102,137)(H,103,122)(H,104,135)(H,105,123)(H,106,125)(H,107,126)(H,108,129)(H,109,130)(H,110,128)(H,111,127)(H,112,133)(H,113,131)(H,114,132)(H,115,134)(H,116,136)(H4,88,89,98)(H4,90,91,99)(H4,92,93,100)/t45-,46-,47+,50-,51-,52-,53-,54-,55-,56-,57-,58-,59-,60-,66-/m0/s1. The zero-order valence-corrected chi connectivity index (χ0v) is 77.5. The Bertz CT molecular complexity index is 4300. The van der Waals surface area contributed by atoms with Gasteiger partial charge in [-0.15, -0.1) is 0 Å². The SMILES string of the molecule is C[C@H](NC(=O)CNC(=O)[C@@H](NC(=O)[C@H](Cc1ccccc1)NC(=O)CNC(=O)CNC[C@@H](N)Cc1ccccc1)[C@@H](C)O)C(=O)N[C@@H](CCCN=C(N)N)C(=O)N[C@@H](CCCCN)C(=O)N[C@@H](CO)C(=O)N[C@@H](C)C(=O)N[C@@H](CCCN=C(N)N)C(=O)N[C@@H](CCCCN)C(=O)N[C@@H](CCCN=C(N)N)C(=O)N[C@@H](CCCCN)C(=O)N[C@@H](CC(N)=O)C(=O)N[C@@H](CCC(=O)N(N)N)C(=O)NN. The van der Waals surface area contributed by atoms with E-state index in [4.69, 9.17) is 80.6 Å². The fourth-order valence-corrected chi connectivity index (χ4v) is 13.1. The number of carbonyl (C=O) groups is 18. The number of aliphatic imine (C=N–C) groups is 3. The zero-order valence-electron chi connectivity index (χ0n) is 77.5. The summed E-state index contributed by atoms with van der Waals surface area (Å²) in [5, 5.41) is 61.3. The monoisotopic (exact) mass is 1940 g/mol. The van der Waals surface area contributed by atoms with Crippen molar-refractivity contribution >= 4 is 124 Å². The van der Waals surface area contributed by atoms with Crippen molar-refractivity contribution < 1.29 is 96.5 Å². The number of hydrogen-bond acceptors (Lipinski definition) is 31. The molecule has 18 amide bonds. The highest BCUT2D eigenvalue weighted by Gasteiger charge is 2.38. The maximum absolute atomic E-state index is 14.7. The second-order valence-electron chi connectivity index (χ2n) is 32.1. The van der Waals surface area contributed by atoms with Crippen molar-refractivity contribution in [2.45, 2.75) is 240 Å². The molecule has 0 bridgehead atoms. The van der Waals surface area contributed by atoms with Gasteiger partial charge in [-0.2, -0.15) is 0 Å². The number of unbranched alkanes of at least 4 members (excludes halogenated alkanes) is 3. The highest BCUT2D eigenvalue weighted by Crippen LogP contribution is 2.14. The Morgan fingerprint density at radius 3 is 1.09 bits per heavy atom. The number of aliphatic hydroxyl groups excluding tert-OH is 2. The summed E-state index contributed by atoms with van der Waals surface area (Å²) < 4.78 is 0. The van der Waals surface area contributed by atoms with Crippen LogP contribution in [0.3, 0.4) is 0 Å². The van der Waals surface area contributed by atoms with Crippen LogP contribution in [-0.4, -0.2) is 302 Å². The summed E-state index contributed by atoms with van der Waals surface area (Å²) in [6.45, 7) is 1.21. The molecule has 137 heavy (non-hydrogen) atoms. The normalized spacial score (nSPS) is 14.2. The first-order valence-corrected chi connectivity index (χ1v) is 44.7. The maximum Gasteiger partial charge on any atom is 0.256 e. The van der Waals surface area contributed by atoms with Crippen molar-refractivity contribution in [3.8, 4) is 0 Å². The summed E-state index contributed by atoms with van der Waals surface area (Å²) in [5.74, 6) is -2.96. The summed E-state index contributed by atoms with van der Waals surface area (Å²) in [6.07, 6.45) is -2.77. The van der Waals surface area contributed by atoms with Crippen molar-refractivity contribution in [1.29, 1.82) is 0 Å². The van der Waals surface area contributed by atoms with Crippen LogP contribution in [-0.2, 0) is 99.1 Å². The van der Waals surface area contributed by atoms with Gasteiger partial charge < -0.3 is 158 Å². The van der Waals surface area contributed by atoms with E-state index in [2.05, 4.69) is 100 Å². The molecule has 55 heteroatoms. The fraction of sp³-hybridized carbons (Fsp3) is 0.598. The third kappa shape index (κ3) is 50.5. The quantitative estimate of drug-likeness (QED) is 0.00730. The predicted octanol–water partition coefficient (Wildman–Crippen LogP) is -14.9. The number of hydrogen-bond donors (Lipinski definition) is 33. The smallest absolute Gasteiger partial charge is 0.256 e. The lowest BCUT2D eigenvalue weighted by Gasteiger charge is -2.28. The number of guanidine groups is 3. The maximum atomic E-state index is 14.7. The summed E-state index contributed by atoms with van der Waals surface area (Å²) in [7, 11) is 0. The number of nitrogens with two attached hydrogens (primary N) is 14. The van der Waals surface area contributed by atoms with Crippen molar-refractivity contribution in [2.75, 3.05) is 72.1 Å². The zero-order chi connectivity index (χ0) is 103. The molecule has 0 saturated carbocycles. The third-order valence-corrected chi connectivity index (χ3v) is 20.5. The van der Waals surface area contributed by atoms with Crippen molar-refractivity contribution in [3.63, 3.8) is 0 Å². The van der Waals surface area contributed by atoms with Gasteiger partial charge in [0.2, 0.25) is 94.5 Å². The molecule has 2 aromatic rings. The molecule has 2 rings (SSSR count). The highest BCUT2D eigenvalue weighted by molar-refractivity contribution is 6.01. The molecule has 15 atom stereocenters. The van der Waals surface area contributed by atoms with Gasteiger partial charge in [0.25, 0.3) is 11.8 Å². The van der Waals surface area contributed by atoms with Gasteiger partial charge in [0.1, 0.15) is 78.5 Å². The molecule has 0 saturated heterocycles. The Morgan fingerprint density at radius 2 is 0.708 bits per heavy atom. The molecule has 47 N–H and O–H groups in total. The molecule has 0 fully saturated rings. The molecule has 766 valence electrons. The van der Waals surface area contributed by atoms with Gasteiger partial charge in [-0.25, -0.2) is 22.6 Å². The highest BCUT2D eigenvalue weighted by atomic mass is 16.3. The van der Waals surface area contributed by atoms with E-state index in [0.29, 0.717) is 31.2 Å². The van der Waals surface area contributed by atoms with Gasteiger partial charge in [-0.3, -0.25) is 107 Å². The van der Waals surface area contributed by atoms with Gasteiger partial charge in [0, 0.05) is 45.1 Å². The first-order valence-electron chi connectivity index (χ1n) is 44.7. The Balaban J connectivity index is 2.40. The molecule has 0 unspecified atom stereocenters. The summed E-state index contributed by atoms with van der Waals surface area (Å²) in [6, 6.07) is -3.16. The number of nitrogens with one attached hydrogen (secondary N) is 17. The second-order valence-corrected chi connectivity index (χ2v) is 32.1. The van der Waals surface area contributed by atoms with E-state index in [-0.39, 0.29) is 165 Å². The number of amides is 18. The van der Waals surface area contributed by atoms with Crippen molar-refractivity contribution in [3.05, 3.63) is 71.8 Å². The van der Waals surface area contributed by atoms with Crippen LogP contribution in [0.15, 0.2) is 75.6 Å². The third-order valence-electron chi connectivity index (χ3n) is 20.5. The molecule has 0 aliphatic rings.